The number of piperidine rings is 1. The Kier molecular flexibility index (Phi) is 4.09. The number of nitrogens with zero attached hydrogens (tertiary/aromatic N) is 1. The Balaban J connectivity index is 1.95. The average molecular weight is 291 g/mol. The van der Waals surface area contributed by atoms with Crippen molar-refractivity contribution < 1.29 is 14.6 Å². The van der Waals surface area contributed by atoms with Crippen LogP contribution in [0.1, 0.15) is 36.9 Å². The van der Waals surface area contributed by atoms with Crippen molar-refractivity contribution in [3.05, 3.63) is 23.3 Å². The predicted octanol–water partition coefficient (Wildman–Crippen LogP) is 2.39. The van der Waals surface area contributed by atoms with Gasteiger partial charge in [-0.3, -0.25) is 4.90 Å². The molecule has 1 saturated heterocycles. The van der Waals surface area contributed by atoms with Crippen LogP contribution in [0.3, 0.4) is 0 Å². The molecule has 3 rings (SSSR count). The number of fused-ring (bicyclic) bond motifs is 3. The standard InChI is InChI=1S/C17H25NO3/c1-4-11-10-18-6-5-12-7-16(20-2)17(21-3)8-13(12)14(18)9-15(11)19/h7-8,11,14-15,19H,4-6,9-10H2,1-3H3/t11-,14-,15-/m0/s1. The van der Waals surface area contributed by atoms with E-state index in [1.165, 1.54) is 11.1 Å². The van der Waals surface area contributed by atoms with Gasteiger partial charge in [-0.05, 0) is 48.4 Å². The van der Waals surface area contributed by atoms with Gasteiger partial charge in [-0.2, -0.15) is 0 Å². The van der Waals surface area contributed by atoms with Crippen molar-refractivity contribution in [2.24, 2.45) is 5.92 Å². The zero-order valence-electron chi connectivity index (χ0n) is 13.1. The van der Waals surface area contributed by atoms with Crippen LogP contribution in [0.5, 0.6) is 11.5 Å². The first-order chi connectivity index (χ1) is 10.2. The van der Waals surface area contributed by atoms with Gasteiger partial charge in [0.25, 0.3) is 0 Å². The lowest BCUT2D eigenvalue weighted by molar-refractivity contribution is -0.0132. The van der Waals surface area contributed by atoms with Gasteiger partial charge >= 0.3 is 0 Å². The predicted molar refractivity (Wildman–Crippen MR) is 82.0 cm³/mol. The topological polar surface area (TPSA) is 41.9 Å². The van der Waals surface area contributed by atoms with Gasteiger partial charge in [0.05, 0.1) is 20.3 Å². The summed E-state index contributed by atoms with van der Waals surface area (Å²) in [6.45, 7) is 4.23. The van der Waals surface area contributed by atoms with Crippen LogP contribution < -0.4 is 9.47 Å². The number of hydrogen-bond donors (Lipinski definition) is 1. The molecule has 0 saturated carbocycles. The minimum Gasteiger partial charge on any atom is -0.493 e. The molecule has 0 aliphatic carbocycles. The van der Waals surface area contributed by atoms with Crippen molar-refractivity contribution in [1.82, 2.24) is 4.90 Å². The Labute approximate surface area is 126 Å². The summed E-state index contributed by atoms with van der Waals surface area (Å²) in [7, 11) is 3.35. The molecule has 0 unspecified atom stereocenters. The molecule has 116 valence electrons. The molecule has 1 N–H and O–H groups in total. The van der Waals surface area contributed by atoms with Gasteiger partial charge in [-0.1, -0.05) is 6.92 Å². The first-order valence-electron chi connectivity index (χ1n) is 7.84. The van der Waals surface area contributed by atoms with Gasteiger partial charge in [0.1, 0.15) is 0 Å². The summed E-state index contributed by atoms with van der Waals surface area (Å²) in [5, 5.41) is 10.4. The normalized spacial score (nSPS) is 28.7. The minimum atomic E-state index is -0.199. The summed E-state index contributed by atoms with van der Waals surface area (Å²) in [6, 6.07) is 4.51. The minimum absolute atomic E-state index is 0.199. The zero-order chi connectivity index (χ0) is 15.0. The fourth-order valence-electron chi connectivity index (χ4n) is 3.82. The van der Waals surface area contributed by atoms with Gasteiger partial charge in [-0.15, -0.1) is 0 Å². The van der Waals surface area contributed by atoms with E-state index >= 15 is 0 Å². The van der Waals surface area contributed by atoms with Crippen LogP contribution >= 0.6 is 0 Å². The molecule has 2 aliphatic heterocycles. The number of hydrogen-bond acceptors (Lipinski definition) is 4. The smallest absolute Gasteiger partial charge is 0.161 e. The molecule has 0 amide bonds. The van der Waals surface area contributed by atoms with E-state index in [1.807, 2.05) is 0 Å². The maximum absolute atomic E-state index is 10.4. The molecule has 2 aliphatic rings. The molecule has 4 nitrogen and oxygen atoms in total. The van der Waals surface area contributed by atoms with E-state index in [4.69, 9.17) is 9.47 Å². The molecule has 4 heteroatoms. The van der Waals surface area contributed by atoms with Crippen molar-refractivity contribution in [3.8, 4) is 11.5 Å². The van der Waals surface area contributed by atoms with E-state index in [-0.39, 0.29) is 6.10 Å². The molecule has 1 aromatic carbocycles. The van der Waals surface area contributed by atoms with Crippen molar-refractivity contribution in [2.45, 2.75) is 38.3 Å². The molecule has 21 heavy (non-hydrogen) atoms. The van der Waals surface area contributed by atoms with Crippen LogP contribution in [0.2, 0.25) is 0 Å². The molecule has 3 atom stereocenters. The SMILES string of the molecule is CC[C@H]1CN2CCc3cc(OC)c(OC)cc3[C@@H]2C[C@@H]1O. The van der Waals surface area contributed by atoms with Crippen LogP contribution in [0, 0.1) is 5.92 Å². The Hall–Kier alpha value is -1.26. The van der Waals surface area contributed by atoms with Crippen molar-refractivity contribution in [1.29, 1.82) is 0 Å². The second-order valence-electron chi connectivity index (χ2n) is 6.14. The van der Waals surface area contributed by atoms with Crippen LogP contribution in [-0.2, 0) is 6.42 Å². The van der Waals surface area contributed by atoms with Gasteiger partial charge in [0, 0.05) is 19.1 Å². The number of benzene rings is 1. The summed E-state index contributed by atoms with van der Waals surface area (Å²) in [5.74, 6) is 1.99. The van der Waals surface area contributed by atoms with Crippen molar-refractivity contribution >= 4 is 0 Å². The van der Waals surface area contributed by atoms with Crippen LogP contribution in [0.15, 0.2) is 12.1 Å². The second kappa shape index (κ2) is 5.85. The second-order valence-corrected chi connectivity index (χ2v) is 6.14. The molecule has 0 spiro atoms. The Morgan fingerprint density at radius 3 is 2.62 bits per heavy atom. The number of rotatable bonds is 3. The summed E-state index contributed by atoms with van der Waals surface area (Å²) >= 11 is 0. The van der Waals surface area contributed by atoms with Crippen LogP contribution in [0.4, 0.5) is 0 Å². The van der Waals surface area contributed by atoms with Gasteiger partial charge in [0.2, 0.25) is 0 Å². The number of aliphatic hydroxyl groups excluding tert-OH is 1. The van der Waals surface area contributed by atoms with E-state index < -0.39 is 0 Å². The third-order valence-corrected chi connectivity index (χ3v) is 5.12. The lowest BCUT2D eigenvalue weighted by Crippen LogP contribution is -2.47. The first-order valence-corrected chi connectivity index (χ1v) is 7.84. The fraction of sp³-hybridized carbons (Fsp3) is 0.647. The first kappa shape index (κ1) is 14.7. The molecule has 0 aromatic heterocycles. The molecule has 0 bridgehead atoms. The molecule has 1 fully saturated rings. The van der Waals surface area contributed by atoms with E-state index in [9.17, 15) is 5.11 Å². The zero-order valence-corrected chi connectivity index (χ0v) is 13.1. The monoisotopic (exact) mass is 291 g/mol. The number of ether oxygens (including phenoxy) is 2. The Bertz CT molecular complexity index is 517. The van der Waals surface area contributed by atoms with E-state index in [1.54, 1.807) is 14.2 Å². The lowest BCUT2D eigenvalue weighted by Gasteiger charge is -2.45. The van der Waals surface area contributed by atoms with Crippen LogP contribution in [0.25, 0.3) is 0 Å². The molecule has 0 radical (unpaired) electrons. The maximum atomic E-state index is 10.4. The highest BCUT2D eigenvalue weighted by atomic mass is 16.5. The lowest BCUT2D eigenvalue weighted by atomic mass is 9.81. The maximum Gasteiger partial charge on any atom is 0.161 e. The largest absolute Gasteiger partial charge is 0.493 e. The number of aliphatic hydroxyl groups is 1. The summed E-state index contributed by atoms with van der Waals surface area (Å²) in [5.41, 5.74) is 2.63. The summed E-state index contributed by atoms with van der Waals surface area (Å²) in [4.78, 5) is 2.52. The van der Waals surface area contributed by atoms with Crippen molar-refractivity contribution in [2.75, 3.05) is 27.3 Å². The Morgan fingerprint density at radius 1 is 1.24 bits per heavy atom. The molecular weight excluding hydrogens is 266 g/mol. The summed E-state index contributed by atoms with van der Waals surface area (Å²) in [6.07, 6.45) is 2.71. The van der Waals surface area contributed by atoms with Gasteiger partial charge in [-0.25, -0.2) is 0 Å². The van der Waals surface area contributed by atoms with E-state index in [0.717, 1.165) is 43.9 Å². The third kappa shape index (κ3) is 2.51. The average Bonchev–Trinajstić information content (AvgIpc) is 2.52. The summed E-state index contributed by atoms with van der Waals surface area (Å²) < 4.78 is 10.9. The van der Waals surface area contributed by atoms with Gasteiger partial charge < -0.3 is 14.6 Å². The van der Waals surface area contributed by atoms with E-state index in [2.05, 4.69) is 24.0 Å². The van der Waals surface area contributed by atoms with Crippen LogP contribution in [-0.4, -0.2) is 43.4 Å². The Morgan fingerprint density at radius 2 is 1.95 bits per heavy atom. The molecule has 2 heterocycles. The highest BCUT2D eigenvalue weighted by Gasteiger charge is 2.37. The highest BCUT2D eigenvalue weighted by Crippen LogP contribution is 2.43. The molecular formula is C17H25NO3. The van der Waals surface area contributed by atoms with E-state index in [0.29, 0.717) is 12.0 Å². The number of methoxy groups -OCH3 is 2. The quantitative estimate of drug-likeness (QED) is 0.928. The highest BCUT2D eigenvalue weighted by molar-refractivity contribution is 5.49. The third-order valence-electron chi connectivity index (χ3n) is 5.12. The van der Waals surface area contributed by atoms with Gasteiger partial charge in [0.15, 0.2) is 11.5 Å². The van der Waals surface area contributed by atoms with Crippen molar-refractivity contribution in [3.63, 3.8) is 0 Å². The molecule has 1 aromatic rings. The fourth-order valence-corrected chi connectivity index (χ4v) is 3.82.